The average molecular weight is 516 g/mol. The molecule has 0 saturated heterocycles. The first-order valence-corrected chi connectivity index (χ1v) is 12.7. The highest BCUT2D eigenvalue weighted by atomic mass is 16.1. The summed E-state index contributed by atoms with van der Waals surface area (Å²) in [6, 6.07) is 17.3. The van der Waals surface area contributed by atoms with Crippen molar-refractivity contribution < 1.29 is 4.79 Å². The van der Waals surface area contributed by atoms with Gasteiger partial charge in [-0.05, 0) is 61.3 Å². The molecule has 1 amide bonds. The van der Waals surface area contributed by atoms with Crippen LogP contribution < -0.4 is 10.6 Å². The highest BCUT2D eigenvalue weighted by Gasteiger charge is 2.18. The second kappa shape index (κ2) is 12.0. The van der Waals surface area contributed by atoms with Gasteiger partial charge < -0.3 is 10.6 Å². The van der Waals surface area contributed by atoms with Crippen LogP contribution >= 0.6 is 0 Å². The van der Waals surface area contributed by atoms with E-state index in [2.05, 4.69) is 37.4 Å². The molecule has 1 aliphatic carbocycles. The molecule has 0 spiro atoms. The number of hydrogen-bond donors (Lipinski definition) is 3. The van der Waals surface area contributed by atoms with Crippen LogP contribution in [-0.2, 0) is 0 Å². The van der Waals surface area contributed by atoms with Crippen LogP contribution in [-0.4, -0.2) is 39.3 Å². The number of anilines is 1. The van der Waals surface area contributed by atoms with Crippen LogP contribution in [0.2, 0.25) is 0 Å². The zero-order chi connectivity index (χ0) is 27.0. The normalized spacial score (nSPS) is 16.5. The molecule has 1 aromatic heterocycles. The van der Waals surface area contributed by atoms with E-state index in [9.17, 15) is 4.79 Å². The van der Waals surface area contributed by atoms with E-state index in [1.807, 2.05) is 73.7 Å². The van der Waals surface area contributed by atoms with Crippen molar-refractivity contribution in [3.8, 4) is 0 Å². The summed E-state index contributed by atoms with van der Waals surface area (Å²) in [4.78, 5) is 26.7. The number of rotatable bonds is 7. The number of aromatic amines is 1. The first-order chi connectivity index (χ1) is 19.1. The number of nitrogens with zero attached hydrogens (tertiary/aromatic N) is 4. The molecule has 0 bridgehead atoms. The molecule has 8 heteroatoms. The highest BCUT2D eigenvalue weighted by Crippen LogP contribution is 2.27. The third-order valence-electron chi connectivity index (χ3n) is 6.43. The van der Waals surface area contributed by atoms with Crippen molar-refractivity contribution in [1.82, 2.24) is 20.5 Å². The van der Waals surface area contributed by atoms with E-state index in [1.165, 1.54) is 6.33 Å². The van der Waals surface area contributed by atoms with Crippen molar-refractivity contribution in [2.24, 2.45) is 9.98 Å². The zero-order valence-electron chi connectivity index (χ0n) is 21.7. The van der Waals surface area contributed by atoms with E-state index in [-0.39, 0.29) is 5.91 Å². The van der Waals surface area contributed by atoms with Gasteiger partial charge in [0.2, 0.25) is 5.96 Å². The predicted octanol–water partition coefficient (Wildman–Crippen LogP) is 5.63. The number of guanidine groups is 1. The first-order valence-electron chi connectivity index (χ1n) is 12.7. The van der Waals surface area contributed by atoms with Gasteiger partial charge in [-0.2, -0.15) is 5.10 Å². The molecular weight excluding hydrogens is 486 g/mol. The topological polar surface area (TPSA) is 107 Å². The van der Waals surface area contributed by atoms with Gasteiger partial charge in [-0.3, -0.25) is 9.89 Å². The number of hydrogen-bond acceptors (Lipinski definition) is 6. The Kier molecular flexibility index (Phi) is 7.83. The van der Waals surface area contributed by atoms with Crippen molar-refractivity contribution in [2.75, 3.05) is 11.9 Å². The summed E-state index contributed by atoms with van der Waals surface area (Å²) in [5, 5.41) is 13.1. The van der Waals surface area contributed by atoms with Crippen LogP contribution in [0.25, 0.3) is 5.57 Å². The van der Waals surface area contributed by atoms with Crippen molar-refractivity contribution in [1.29, 1.82) is 0 Å². The quantitative estimate of drug-likeness (QED) is 0.355. The van der Waals surface area contributed by atoms with Crippen LogP contribution in [0.1, 0.15) is 41.5 Å². The number of allylic oxidation sites excluding steroid dienone is 7. The molecule has 8 nitrogen and oxygen atoms in total. The van der Waals surface area contributed by atoms with Gasteiger partial charge >= 0.3 is 0 Å². The third kappa shape index (κ3) is 6.24. The molecular formula is C31H29N7O. The number of aromatic nitrogens is 3. The third-order valence-corrected chi connectivity index (χ3v) is 6.43. The fourth-order valence-electron chi connectivity index (χ4n) is 4.29. The molecule has 0 atom stereocenters. The number of nitrogens with one attached hydrogen (secondary N) is 3. The predicted molar refractivity (Wildman–Crippen MR) is 157 cm³/mol. The fraction of sp³-hybridized carbons (Fsp3) is 0.129. The first kappa shape index (κ1) is 25.5. The lowest BCUT2D eigenvalue weighted by Gasteiger charge is -2.18. The maximum atomic E-state index is 13.0. The van der Waals surface area contributed by atoms with Crippen LogP contribution in [0.15, 0.2) is 125 Å². The molecule has 0 radical (unpaired) electrons. The van der Waals surface area contributed by atoms with E-state index < -0.39 is 0 Å². The molecule has 1 aliphatic heterocycles. The van der Waals surface area contributed by atoms with E-state index in [0.29, 0.717) is 18.1 Å². The van der Waals surface area contributed by atoms with Crippen LogP contribution in [0.4, 0.5) is 5.69 Å². The van der Waals surface area contributed by atoms with Crippen molar-refractivity contribution in [3.05, 3.63) is 132 Å². The van der Waals surface area contributed by atoms with Gasteiger partial charge in [0.15, 0.2) is 5.82 Å². The van der Waals surface area contributed by atoms with Gasteiger partial charge in [-0.15, -0.1) is 0 Å². The molecule has 5 rings (SSSR count). The van der Waals surface area contributed by atoms with Gasteiger partial charge in [0.05, 0.1) is 12.3 Å². The molecule has 2 heterocycles. The minimum atomic E-state index is -0.173. The summed E-state index contributed by atoms with van der Waals surface area (Å²) in [5.74, 6) is 1.07. The van der Waals surface area contributed by atoms with E-state index in [0.717, 1.165) is 58.0 Å². The van der Waals surface area contributed by atoms with Gasteiger partial charge in [0.1, 0.15) is 6.33 Å². The number of carbonyl (C=O) groups is 1. The number of H-pyrrole nitrogens is 1. The lowest BCUT2D eigenvalue weighted by atomic mass is 9.96. The molecule has 0 saturated carbocycles. The maximum Gasteiger partial charge on any atom is 0.255 e. The number of aliphatic imine (C=N–C) groups is 2. The molecule has 2 aromatic carbocycles. The lowest BCUT2D eigenvalue weighted by Crippen LogP contribution is -2.24. The summed E-state index contributed by atoms with van der Waals surface area (Å²) < 4.78 is 0. The van der Waals surface area contributed by atoms with Crippen molar-refractivity contribution in [3.63, 3.8) is 0 Å². The molecule has 3 N–H and O–H groups in total. The Morgan fingerprint density at radius 3 is 2.62 bits per heavy atom. The van der Waals surface area contributed by atoms with Crippen LogP contribution in [0, 0.1) is 0 Å². The minimum Gasteiger partial charge on any atom is -0.324 e. The molecule has 0 fully saturated rings. The van der Waals surface area contributed by atoms with Gasteiger partial charge in [-0.1, -0.05) is 61.2 Å². The van der Waals surface area contributed by atoms with Crippen LogP contribution in [0.5, 0.6) is 0 Å². The second-order valence-electron chi connectivity index (χ2n) is 9.13. The van der Waals surface area contributed by atoms with Gasteiger partial charge in [-0.25, -0.2) is 15.0 Å². The number of amides is 1. The number of carbonyl (C=O) groups excluding carboxylic acids is 1. The largest absolute Gasteiger partial charge is 0.324 e. The van der Waals surface area contributed by atoms with E-state index in [4.69, 9.17) is 4.99 Å². The molecule has 194 valence electrons. The van der Waals surface area contributed by atoms with Crippen molar-refractivity contribution in [2.45, 2.75) is 19.8 Å². The van der Waals surface area contributed by atoms with E-state index in [1.54, 1.807) is 18.2 Å². The summed E-state index contributed by atoms with van der Waals surface area (Å²) in [6.07, 6.45) is 12.7. The molecule has 0 unspecified atom stereocenters. The minimum absolute atomic E-state index is 0.173. The second-order valence-corrected chi connectivity index (χ2v) is 9.13. The Hall–Kier alpha value is -5.11. The molecule has 2 aliphatic rings. The lowest BCUT2D eigenvalue weighted by molar-refractivity contribution is 0.0966. The Labute approximate surface area is 227 Å². The van der Waals surface area contributed by atoms with Crippen LogP contribution in [0.3, 0.4) is 0 Å². The SMILES string of the molecule is C=C/C=C\C=C1/CN=C(Nc2ccc(C(=O)NC3=C(C)CCC(c4ncn[nH]4)=C3)cc2)N=C1c1ccccc1. The summed E-state index contributed by atoms with van der Waals surface area (Å²) >= 11 is 0. The fourth-order valence-corrected chi connectivity index (χ4v) is 4.29. The summed E-state index contributed by atoms with van der Waals surface area (Å²) in [5.41, 5.74) is 7.19. The summed E-state index contributed by atoms with van der Waals surface area (Å²) in [7, 11) is 0. The Morgan fingerprint density at radius 2 is 1.87 bits per heavy atom. The van der Waals surface area contributed by atoms with Gasteiger partial charge in [0.25, 0.3) is 5.91 Å². The highest BCUT2D eigenvalue weighted by molar-refractivity contribution is 6.20. The van der Waals surface area contributed by atoms with Gasteiger partial charge in [0, 0.05) is 28.1 Å². The average Bonchev–Trinajstić information content (AvgIpc) is 3.51. The Bertz CT molecular complexity index is 1540. The Morgan fingerprint density at radius 1 is 1.05 bits per heavy atom. The van der Waals surface area contributed by atoms with Crippen molar-refractivity contribution >= 4 is 28.8 Å². The summed E-state index contributed by atoms with van der Waals surface area (Å²) in [6.45, 7) is 6.25. The monoisotopic (exact) mass is 515 g/mol. The van der Waals surface area contributed by atoms with E-state index >= 15 is 0 Å². The molecule has 39 heavy (non-hydrogen) atoms. The number of benzene rings is 2. The zero-order valence-corrected chi connectivity index (χ0v) is 21.7. The molecule has 3 aromatic rings. The standard InChI is InChI=1S/C31H29N7O/c1-3-4-6-11-25-19-32-31(37-28(25)22-9-7-5-8-10-22)35-26-16-14-23(15-17-26)30(39)36-27-18-24(13-12-21(27)2)29-33-20-34-38-29/h3-11,14-18,20H,1,12-13,19H2,2H3,(H,32,35)(H,36,39)(H,33,34,38)/b6-4-,25-11+. The Balaban J connectivity index is 1.29. The maximum absolute atomic E-state index is 13.0. The smallest absolute Gasteiger partial charge is 0.255 e.